The third kappa shape index (κ3) is 10.1. The van der Waals surface area contributed by atoms with Crippen LogP contribution in [-0.2, 0) is 17.6 Å². The minimum Gasteiger partial charge on any atom is -0.496 e. The van der Waals surface area contributed by atoms with E-state index in [0.29, 0.717) is 43.6 Å². The zero-order valence-electron chi connectivity index (χ0n) is 26.6. The van der Waals surface area contributed by atoms with E-state index in [2.05, 4.69) is 11.5 Å². The van der Waals surface area contributed by atoms with Crippen molar-refractivity contribution in [2.45, 2.75) is 76.2 Å². The second-order valence-corrected chi connectivity index (χ2v) is 12.9. The number of thioether (sulfide) groups is 1. The Morgan fingerprint density at radius 2 is 1.93 bits per heavy atom. The maximum atomic E-state index is 15.0. The monoisotopic (exact) mass is 645 g/mol. The molecule has 0 amide bonds. The highest BCUT2D eigenvalue weighted by Gasteiger charge is 2.34. The molecule has 45 heavy (non-hydrogen) atoms. The molecule has 0 bridgehead atoms. The van der Waals surface area contributed by atoms with E-state index in [4.69, 9.17) is 14.2 Å². The minimum absolute atomic E-state index is 0.0345. The van der Waals surface area contributed by atoms with Crippen molar-refractivity contribution in [1.82, 2.24) is 4.90 Å². The van der Waals surface area contributed by atoms with Gasteiger partial charge in [-0.15, -0.1) is 0 Å². The van der Waals surface area contributed by atoms with Gasteiger partial charge in [0.15, 0.2) is 0 Å². The predicted octanol–water partition coefficient (Wildman–Crippen LogP) is 7.76. The van der Waals surface area contributed by atoms with Crippen molar-refractivity contribution < 1.29 is 32.5 Å². The largest absolute Gasteiger partial charge is 0.496 e. The van der Waals surface area contributed by atoms with Crippen LogP contribution in [0.25, 0.3) is 0 Å². The van der Waals surface area contributed by atoms with Gasteiger partial charge >= 0.3 is 0 Å². The van der Waals surface area contributed by atoms with Crippen molar-refractivity contribution in [3.8, 4) is 11.5 Å². The second-order valence-electron chi connectivity index (χ2n) is 11.9. The molecule has 5 nitrogen and oxygen atoms in total. The molecule has 0 aromatic heterocycles. The number of nitrogens with zero attached hydrogens (tertiary/aromatic N) is 1. The summed E-state index contributed by atoms with van der Waals surface area (Å²) in [5, 5.41) is 10.3. The summed E-state index contributed by atoms with van der Waals surface area (Å²) in [7, 11) is 1.54. The van der Waals surface area contributed by atoms with E-state index in [9.17, 15) is 18.3 Å². The Hall–Kier alpha value is -2.72. The molecule has 3 unspecified atom stereocenters. The predicted molar refractivity (Wildman–Crippen MR) is 176 cm³/mol. The highest BCUT2D eigenvalue weighted by Crippen LogP contribution is 2.31. The molecule has 1 N–H and O–H groups in total. The van der Waals surface area contributed by atoms with E-state index >= 15 is 0 Å². The lowest BCUT2D eigenvalue weighted by molar-refractivity contribution is -0.0155. The summed E-state index contributed by atoms with van der Waals surface area (Å²) >= 11 is 1.71. The molecule has 0 aliphatic carbocycles. The van der Waals surface area contributed by atoms with Crippen LogP contribution >= 0.6 is 11.8 Å². The van der Waals surface area contributed by atoms with Gasteiger partial charge in [-0.2, -0.15) is 11.8 Å². The van der Waals surface area contributed by atoms with Gasteiger partial charge < -0.3 is 19.3 Å². The van der Waals surface area contributed by atoms with Gasteiger partial charge in [0.25, 0.3) is 0 Å². The zero-order chi connectivity index (χ0) is 32.3. The molecular weight excluding hydrogens is 599 g/mol. The van der Waals surface area contributed by atoms with Gasteiger partial charge in [-0.05, 0) is 104 Å². The van der Waals surface area contributed by atoms with Crippen molar-refractivity contribution in [1.29, 1.82) is 0 Å². The van der Waals surface area contributed by atoms with Crippen molar-refractivity contribution in [2.24, 2.45) is 0 Å². The molecule has 2 aliphatic rings. The lowest BCUT2D eigenvalue weighted by Gasteiger charge is -2.35. The summed E-state index contributed by atoms with van der Waals surface area (Å²) in [6.07, 6.45) is 8.16. The normalized spacial score (nSPS) is 22.2. The molecule has 2 saturated heterocycles. The maximum Gasteiger partial charge on any atom is 0.130 e. The first kappa shape index (κ1) is 35.1. The molecule has 0 radical (unpaired) electrons. The van der Waals surface area contributed by atoms with Gasteiger partial charge in [0, 0.05) is 37.2 Å². The van der Waals surface area contributed by atoms with Gasteiger partial charge in [0.1, 0.15) is 29.2 Å². The second kappa shape index (κ2) is 17.3. The molecule has 2 aromatic carbocycles. The Morgan fingerprint density at radius 1 is 1.16 bits per heavy atom. The summed E-state index contributed by atoms with van der Waals surface area (Å²) < 4.78 is 60.5. The number of methoxy groups -OCH3 is 1. The van der Waals surface area contributed by atoms with E-state index in [1.807, 2.05) is 36.6 Å². The van der Waals surface area contributed by atoms with Crippen LogP contribution in [0.1, 0.15) is 55.7 Å². The fourth-order valence-corrected chi connectivity index (χ4v) is 6.60. The number of hydrogen-bond acceptors (Lipinski definition) is 6. The first-order valence-electron chi connectivity index (χ1n) is 15.7. The SMILES string of the molecule is C=C/C(F)=C(\C=C(/C)F)C1CC[C@@H](N2CCC(Oc3ccc(Cc4cc(CCC(O)CCSC)c(OC)cc4F)cc3)C2)CO1. The Balaban J connectivity index is 1.29. The van der Waals surface area contributed by atoms with E-state index < -0.39 is 23.9 Å². The number of aryl methyl sites for hydroxylation is 1. The van der Waals surface area contributed by atoms with Crippen molar-refractivity contribution in [2.75, 3.05) is 38.8 Å². The molecule has 0 spiro atoms. The quantitative estimate of drug-likeness (QED) is 0.200. The molecule has 2 aromatic rings. The first-order valence-corrected chi connectivity index (χ1v) is 17.1. The van der Waals surface area contributed by atoms with E-state index in [1.165, 1.54) is 26.2 Å². The fraction of sp³-hybridized carbons (Fsp3) is 0.500. The summed E-state index contributed by atoms with van der Waals surface area (Å²) in [6, 6.07) is 11.3. The molecule has 4 rings (SSSR count). The summed E-state index contributed by atoms with van der Waals surface area (Å²) in [4.78, 5) is 2.35. The molecular formula is C36H46F3NO4S. The van der Waals surface area contributed by atoms with Crippen LogP contribution in [0.5, 0.6) is 11.5 Å². The summed E-state index contributed by atoms with van der Waals surface area (Å²) in [6.45, 7) is 6.85. The van der Waals surface area contributed by atoms with Crippen LogP contribution < -0.4 is 9.47 Å². The lowest BCUT2D eigenvalue weighted by Crippen LogP contribution is -2.43. The Bertz CT molecular complexity index is 1320. The number of aliphatic hydroxyl groups excluding tert-OH is 1. The van der Waals surface area contributed by atoms with Crippen LogP contribution in [-0.4, -0.2) is 73.2 Å². The number of ether oxygens (including phenoxy) is 3. The molecule has 246 valence electrons. The molecule has 4 atom stereocenters. The van der Waals surface area contributed by atoms with Crippen LogP contribution in [0.15, 0.2) is 72.4 Å². The number of rotatable bonds is 15. The van der Waals surface area contributed by atoms with Gasteiger partial charge in [-0.3, -0.25) is 4.90 Å². The van der Waals surface area contributed by atoms with Crippen LogP contribution in [0.3, 0.4) is 0 Å². The van der Waals surface area contributed by atoms with Gasteiger partial charge in [-0.1, -0.05) is 18.7 Å². The number of aliphatic hydroxyl groups is 1. The number of likely N-dealkylation sites (tertiary alicyclic amines) is 1. The van der Waals surface area contributed by atoms with Gasteiger partial charge in [0.2, 0.25) is 0 Å². The number of benzene rings is 2. The highest BCUT2D eigenvalue weighted by atomic mass is 32.2. The van der Waals surface area contributed by atoms with E-state index in [1.54, 1.807) is 11.8 Å². The average Bonchev–Trinajstić information content (AvgIpc) is 3.51. The van der Waals surface area contributed by atoms with Crippen LogP contribution in [0, 0.1) is 5.82 Å². The topological polar surface area (TPSA) is 51.2 Å². The molecule has 2 heterocycles. The van der Waals surface area contributed by atoms with E-state index in [-0.39, 0.29) is 23.5 Å². The summed E-state index contributed by atoms with van der Waals surface area (Å²) in [5.41, 5.74) is 2.67. The third-order valence-corrected chi connectivity index (χ3v) is 9.22. The van der Waals surface area contributed by atoms with Crippen LogP contribution in [0.4, 0.5) is 13.2 Å². The van der Waals surface area contributed by atoms with Gasteiger partial charge in [0.05, 0.1) is 31.8 Å². The number of allylic oxidation sites excluding steroid dienone is 3. The van der Waals surface area contributed by atoms with Crippen molar-refractivity contribution >= 4 is 11.8 Å². The van der Waals surface area contributed by atoms with Crippen LogP contribution in [0.2, 0.25) is 0 Å². The Labute approximate surface area is 270 Å². The lowest BCUT2D eigenvalue weighted by atomic mass is 9.97. The Morgan fingerprint density at radius 3 is 2.58 bits per heavy atom. The minimum atomic E-state index is -0.553. The fourth-order valence-electron chi connectivity index (χ4n) is 6.09. The third-order valence-electron chi connectivity index (χ3n) is 8.57. The molecule has 2 aliphatic heterocycles. The maximum absolute atomic E-state index is 15.0. The smallest absolute Gasteiger partial charge is 0.130 e. The number of hydrogen-bond donors (Lipinski definition) is 1. The number of halogens is 3. The van der Waals surface area contributed by atoms with Crippen molar-refractivity contribution in [3.63, 3.8) is 0 Å². The standard InChI is InChI=1S/C36H46F3NO4S/c1-5-33(38)32(18-24(2)37)35-13-9-28(23-43-35)40-16-14-31(22-40)44-30-11-6-25(7-12-30)19-27-20-26(36(42-3)21-34(27)39)8-10-29(41)15-17-45-4/h5-7,11-12,18,20-21,28-29,31,35,41H,1,8-10,13-17,19,22-23H2,2-4H3/b24-18+,33-32-/t28-,29?,31?,35?/m1/s1. The first-order chi connectivity index (χ1) is 21.7. The average molecular weight is 646 g/mol. The molecule has 2 fully saturated rings. The van der Waals surface area contributed by atoms with Gasteiger partial charge in [-0.25, -0.2) is 13.2 Å². The Kier molecular flexibility index (Phi) is 13.5. The highest BCUT2D eigenvalue weighted by molar-refractivity contribution is 7.98. The molecule has 0 saturated carbocycles. The summed E-state index contributed by atoms with van der Waals surface area (Å²) in [5.74, 6) is 0.852. The van der Waals surface area contributed by atoms with E-state index in [0.717, 1.165) is 61.1 Å². The zero-order valence-corrected chi connectivity index (χ0v) is 27.4. The van der Waals surface area contributed by atoms with Crippen molar-refractivity contribution in [3.05, 3.63) is 94.9 Å². The molecule has 9 heteroatoms.